The molecule has 1 rings (SSSR count). The van der Waals surface area contributed by atoms with Crippen molar-refractivity contribution in [3.05, 3.63) is 66.0 Å². The normalized spacial score (nSPS) is 11.1. The van der Waals surface area contributed by atoms with Crippen LogP contribution in [0.15, 0.2) is 54.7 Å². The number of carbonyl (C=O) groups is 2. The molecule has 0 aliphatic heterocycles. The maximum Gasteiger partial charge on any atom is 0.168 e. The number of allylic oxidation sites excluding steroid dienone is 5. The Kier molecular flexibility index (Phi) is 5.61. The van der Waals surface area contributed by atoms with Crippen LogP contribution >= 0.6 is 0 Å². The van der Waals surface area contributed by atoms with Gasteiger partial charge in [-0.1, -0.05) is 30.9 Å². The highest BCUT2D eigenvalue weighted by atomic mass is 16.1. The number of ketones is 2. The number of Topliss-reactive ketones (excluding diaryl/α,β-unsaturated/α-hetero) is 1. The zero-order valence-electron chi connectivity index (χ0n) is 11.2. The number of aryl methyl sites for hydroxylation is 1. The Morgan fingerprint density at radius 1 is 1.26 bits per heavy atom. The second-order valence-corrected chi connectivity index (χ2v) is 4.22. The van der Waals surface area contributed by atoms with Gasteiger partial charge < -0.3 is 0 Å². The number of aromatic nitrogens is 1. The second kappa shape index (κ2) is 7.21. The molecule has 0 bridgehead atoms. The van der Waals surface area contributed by atoms with E-state index in [0.717, 1.165) is 11.4 Å². The standard InChI is InChI=1S/C16H17NO2/c1-12(7-4-5-9-14(3)18)16(19)11-15-10-6-8-13(2)17-15/h4-10H,1,11H2,2-3H3/b7-4-,9-5-. The van der Waals surface area contributed by atoms with Crippen LogP contribution in [-0.2, 0) is 16.0 Å². The number of hydrogen-bond donors (Lipinski definition) is 0. The third-order valence-electron chi connectivity index (χ3n) is 2.39. The topological polar surface area (TPSA) is 47.0 Å². The summed E-state index contributed by atoms with van der Waals surface area (Å²) in [6.45, 7) is 7.06. The Labute approximate surface area is 113 Å². The molecule has 0 saturated carbocycles. The third kappa shape index (κ3) is 5.73. The molecule has 0 aliphatic carbocycles. The Hall–Kier alpha value is -2.29. The van der Waals surface area contributed by atoms with E-state index in [1.165, 1.54) is 13.0 Å². The van der Waals surface area contributed by atoms with Crippen LogP contribution < -0.4 is 0 Å². The zero-order valence-corrected chi connectivity index (χ0v) is 11.2. The smallest absolute Gasteiger partial charge is 0.168 e. The van der Waals surface area contributed by atoms with Crippen LogP contribution in [-0.4, -0.2) is 16.6 Å². The molecule has 19 heavy (non-hydrogen) atoms. The molecule has 0 fully saturated rings. The van der Waals surface area contributed by atoms with Gasteiger partial charge in [0, 0.05) is 17.0 Å². The SMILES string of the molecule is C=C(/C=C\C=C/C(C)=O)C(=O)Cc1cccc(C)n1. The van der Waals surface area contributed by atoms with Crippen molar-refractivity contribution >= 4 is 11.6 Å². The predicted octanol–water partition coefficient (Wildman–Crippen LogP) is 2.76. The first-order chi connectivity index (χ1) is 8.99. The summed E-state index contributed by atoms with van der Waals surface area (Å²) in [6, 6.07) is 5.58. The summed E-state index contributed by atoms with van der Waals surface area (Å²) in [5.41, 5.74) is 2.02. The van der Waals surface area contributed by atoms with Gasteiger partial charge >= 0.3 is 0 Å². The van der Waals surface area contributed by atoms with Crippen LogP contribution in [0.1, 0.15) is 18.3 Å². The highest BCUT2D eigenvalue weighted by Gasteiger charge is 2.06. The molecular formula is C16H17NO2. The number of pyridine rings is 1. The van der Waals surface area contributed by atoms with E-state index in [9.17, 15) is 9.59 Å². The quantitative estimate of drug-likeness (QED) is 0.580. The fourth-order valence-corrected chi connectivity index (χ4v) is 1.43. The van der Waals surface area contributed by atoms with Gasteiger partial charge in [0.15, 0.2) is 11.6 Å². The summed E-state index contributed by atoms with van der Waals surface area (Å²) in [5.74, 6) is -0.115. The summed E-state index contributed by atoms with van der Waals surface area (Å²) in [4.78, 5) is 26.8. The summed E-state index contributed by atoms with van der Waals surface area (Å²) >= 11 is 0. The van der Waals surface area contributed by atoms with E-state index >= 15 is 0 Å². The molecule has 0 aromatic carbocycles. The maximum absolute atomic E-state index is 11.9. The van der Waals surface area contributed by atoms with Gasteiger partial charge in [-0.25, -0.2) is 0 Å². The van der Waals surface area contributed by atoms with Crippen molar-refractivity contribution in [2.45, 2.75) is 20.3 Å². The highest BCUT2D eigenvalue weighted by Crippen LogP contribution is 2.05. The molecule has 1 aromatic rings. The first-order valence-electron chi connectivity index (χ1n) is 5.99. The number of carbonyl (C=O) groups excluding carboxylic acids is 2. The van der Waals surface area contributed by atoms with Crippen molar-refractivity contribution in [3.63, 3.8) is 0 Å². The van der Waals surface area contributed by atoms with Gasteiger partial charge in [0.1, 0.15) is 0 Å². The first kappa shape index (κ1) is 14.8. The molecule has 0 spiro atoms. The van der Waals surface area contributed by atoms with Crippen molar-refractivity contribution < 1.29 is 9.59 Å². The average molecular weight is 255 g/mol. The van der Waals surface area contributed by atoms with Crippen molar-refractivity contribution in [2.75, 3.05) is 0 Å². The molecule has 1 heterocycles. The van der Waals surface area contributed by atoms with Gasteiger partial charge in [0.2, 0.25) is 0 Å². The predicted molar refractivity (Wildman–Crippen MR) is 75.8 cm³/mol. The lowest BCUT2D eigenvalue weighted by Crippen LogP contribution is -2.05. The lowest BCUT2D eigenvalue weighted by molar-refractivity contribution is -0.115. The van der Waals surface area contributed by atoms with Crippen LogP contribution in [0.2, 0.25) is 0 Å². The minimum atomic E-state index is -0.0782. The van der Waals surface area contributed by atoms with Crippen molar-refractivity contribution in [1.82, 2.24) is 4.98 Å². The third-order valence-corrected chi connectivity index (χ3v) is 2.39. The Morgan fingerprint density at radius 2 is 1.95 bits per heavy atom. The van der Waals surface area contributed by atoms with E-state index < -0.39 is 0 Å². The molecule has 1 aromatic heterocycles. The van der Waals surface area contributed by atoms with Gasteiger partial charge in [0.05, 0.1) is 6.42 Å². The molecule has 0 atom stereocenters. The summed E-state index contributed by atoms with van der Waals surface area (Å²) in [7, 11) is 0. The summed E-state index contributed by atoms with van der Waals surface area (Å²) < 4.78 is 0. The average Bonchev–Trinajstić information content (AvgIpc) is 2.34. The Bertz CT molecular complexity index is 554. The van der Waals surface area contributed by atoms with Crippen LogP contribution in [0.25, 0.3) is 0 Å². The number of nitrogens with zero attached hydrogens (tertiary/aromatic N) is 1. The minimum absolute atomic E-state index is 0.0365. The van der Waals surface area contributed by atoms with E-state index in [1.807, 2.05) is 25.1 Å². The first-order valence-corrected chi connectivity index (χ1v) is 5.99. The molecule has 0 unspecified atom stereocenters. The zero-order chi connectivity index (χ0) is 14.3. The summed E-state index contributed by atoms with van der Waals surface area (Å²) in [6.07, 6.45) is 6.48. The molecule has 3 heteroatoms. The van der Waals surface area contributed by atoms with Gasteiger partial charge in [0.25, 0.3) is 0 Å². The van der Waals surface area contributed by atoms with Crippen molar-refractivity contribution in [3.8, 4) is 0 Å². The van der Waals surface area contributed by atoms with Crippen molar-refractivity contribution in [2.24, 2.45) is 0 Å². The Balaban J connectivity index is 2.58. The van der Waals surface area contributed by atoms with Crippen LogP contribution in [0, 0.1) is 6.92 Å². The van der Waals surface area contributed by atoms with E-state index in [0.29, 0.717) is 5.57 Å². The molecule has 98 valence electrons. The molecular weight excluding hydrogens is 238 g/mol. The number of hydrogen-bond acceptors (Lipinski definition) is 3. The molecule has 3 nitrogen and oxygen atoms in total. The lowest BCUT2D eigenvalue weighted by atomic mass is 10.1. The van der Waals surface area contributed by atoms with E-state index in [1.54, 1.807) is 18.2 Å². The fourth-order valence-electron chi connectivity index (χ4n) is 1.43. The largest absolute Gasteiger partial charge is 0.295 e. The molecule has 0 amide bonds. The van der Waals surface area contributed by atoms with E-state index in [2.05, 4.69) is 11.6 Å². The lowest BCUT2D eigenvalue weighted by Gasteiger charge is -2.01. The maximum atomic E-state index is 11.9. The molecule has 0 radical (unpaired) electrons. The van der Waals surface area contributed by atoms with Gasteiger partial charge in [-0.15, -0.1) is 0 Å². The van der Waals surface area contributed by atoms with Crippen LogP contribution in [0.5, 0.6) is 0 Å². The summed E-state index contributed by atoms with van der Waals surface area (Å²) in [5, 5.41) is 0. The van der Waals surface area contributed by atoms with Crippen LogP contribution in [0.3, 0.4) is 0 Å². The van der Waals surface area contributed by atoms with Crippen LogP contribution in [0.4, 0.5) is 0 Å². The highest BCUT2D eigenvalue weighted by molar-refractivity contribution is 5.98. The fraction of sp³-hybridized carbons (Fsp3) is 0.188. The van der Waals surface area contributed by atoms with Gasteiger partial charge in [-0.05, 0) is 32.1 Å². The molecule has 0 aliphatic rings. The molecule has 0 N–H and O–H groups in total. The van der Waals surface area contributed by atoms with E-state index in [-0.39, 0.29) is 18.0 Å². The van der Waals surface area contributed by atoms with Gasteiger partial charge in [-0.2, -0.15) is 0 Å². The number of rotatable bonds is 6. The molecule has 0 saturated heterocycles. The van der Waals surface area contributed by atoms with Crippen molar-refractivity contribution in [1.29, 1.82) is 0 Å². The Morgan fingerprint density at radius 3 is 2.58 bits per heavy atom. The minimum Gasteiger partial charge on any atom is -0.295 e. The second-order valence-electron chi connectivity index (χ2n) is 4.22. The van der Waals surface area contributed by atoms with E-state index in [4.69, 9.17) is 0 Å². The van der Waals surface area contributed by atoms with Gasteiger partial charge in [-0.3, -0.25) is 14.6 Å². The monoisotopic (exact) mass is 255 g/mol.